The topological polar surface area (TPSA) is 56.3 Å². The van der Waals surface area contributed by atoms with Gasteiger partial charge in [-0.3, -0.25) is 0 Å². The Balaban J connectivity index is 1.88. The summed E-state index contributed by atoms with van der Waals surface area (Å²) in [6, 6.07) is 13.4. The lowest BCUT2D eigenvalue weighted by atomic mass is 10.2. The van der Waals surface area contributed by atoms with Gasteiger partial charge in [-0.05, 0) is 47.5 Å². The first-order valence-electron chi connectivity index (χ1n) is 7.07. The lowest BCUT2D eigenvalue weighted by molar-refractivity contribution is 0.414. The predicted octanol–water partition coefficient (Wildman–Crippen LogP) is 3.91. The molecule has 3 aromatic rings. The van der Waals surface area contributed by atoms with Gasteiger partial charge < -0.3 is 14.8 Å². The van der Waals surface area contributed by atoms with Gasteiger partial charge in [0, 0.05) is 11.9 Å². The van der Waals surface area contributed by atoms with Crippen molar-refractivity contribution in [2.45, 2.75) is 6.54 Å². The van der Waals surface area contributed by atoms with Crippen molar-refractivity contribution in [1.29, 1.82) is 0 Å². The number of aromatic nitrogens is 2. The number of rotatable bonds is 5. The molecule has 2 aromatic carbocycles. The van der Waals surface area contributed by atoms with Crippen molar-refractivity contribution < 1.29 is 9.47 Å². The van der Waals surface area contributed by atoms with Crippen molar-refractivity contribution in [2.24, 2.45) is 0 Å². The summed E-state index contributed by atoms with van der Waals surface area (Å²) in [4.78, 5) is 8.52. The summed E-state index contributed by atoms with van der Waals surface area (Å²) >= 11 is 6.01. The first-order valence-corrected chi connectivity index (χ1v) is 7.45. The number of hydrogen-bond acceptors (Lipinski definition) is 5. The zero-order valence-corrected chi connectivity index (χ0v) is 13.6. The van der Waals surface area contributed by atoms with Crippen LogP contribution in [0, 0.1) is 0 Å². The fourth-order valence-electron chi connectivity index (χ4n) is 2.27. The molecule has 0 aliphatic rings. The molecule has 0 unspecified atom stereocenters. The number of fused-ring (bicyclic) bond motifs is 1. The van der Waals surface area contributed by atoms with Crippen LogP contribution in [0.25, 0.3) is 10.9 Å². The van der Waals surface area contributed by atoms with E-state index in [1.54, 1.807) is 14.2 Å². The van der Waals surface area contributed by atoms with E-state index in [0.29, 0.717) is 12.4 Å². The lowest BCUT2D eigenvalue weighted by Gasteiger charge is -2.10. The Morgan fingerprint density at radius 2 is 1.65 bits per heavy atom. The normalized spacial score (nSPS) is 10.6. The van der Waals surface area contributed by atoms with E-state index < -0.39 is 0 Å². The summed E-state index contributed by atoms with van der Waals surface area (Å²) in [5.74, 6) is 2.25. The quantitative estimate of drug-likeness (QED) is 0.719. The number of methoxy groups -OCH3 is 2. The zero-order valence-electron chi connectivity index (χ0n) is 12.8. The number of nitrogens with zero attached hydrogens (tertiary/aromatic N) is 2. The highest BCUT2D eigenvalue weighted by Crippen LogP contribution is 2.26. The van der Waals surface area contributed by atoms with E-state index in [0.717, 1.165) is 28.0 Å². The van der Waals surface area contributed by atoms with Gasteiger partial charge in [0.15, 0.2) is 0 Å². The van der Waals surface area contributed by atoms with Crippen molar-refractivity contribution in [3.05, 3.63) is 53.3 Å². The summed E-state index contributed by atoms with van der Waals surface area (Å²) in [6.45, 7) is 0.615. The van der Waals surface area contributed by atoms with Gasteiger partial charge in [-0.1, -0.05) is 12.1 Å². The van der Waals surface area contributed by atoms with Crippen LogP contribution in [-0.2, 0) is 6.54 Å². The Labute approximate surface area is 139 Å². The van der Waals surface area contributed by atoms with Gasteiger partial charge >= 0.3 is 0 Å². The molecule has 0 atom stereocenters. The zero-order chi connectivity index (χ0) is 16.2. The Bertz CT molecular complexity index is 822. The third-order valence-electron chi connectivity index (χ3n) is 3.49. The molecule has 1 heterocycles. The van der Waals surface area contributed by atoms with Crippen LogP contribution in [0.4, 0.5) is 5.82 Å². The van der Waals surface area contributed by atoms with Gasteiger partial charge in [0.05, 0.1) is 19.7 Å². The van der Waals surface area contributed by atoms with Crippen molar-refractivity contribution in [2.75, 3.05) is 19.5 Å². The fraction of sp³-hybridized carbons (Fsp3) is 0.176. The molecule has 0 bridgehead atoms. The van der Waals surface area contributed by atoms with Crippen molar-refractivity contribution in [1.82, 2.24) is 9.97 Å². The second kappa shape index (κ2) is 6.71. The highest BCUT2D eigenvalue weighted by atomic mass is 35.5. The van der Waals surface area contributed by atoms with Gasteiger partial charge in [0.1, 0.15) is 17.3 Å². The maximum absolute atomic E-state index is 6.01. The van der Waals surface area contributed by atoms with Crippen LogP contribution in [0.15, 0.2) is 42.5 Å². The molecule has 6 heteroatoms. The average Bonchev–Trinajstić information content (AvgIpc) is 2.59. The van der Waals surface area contributed by atoms with E-state index in [4.69, 9.17) is 21.1 Å². The SMILES string of the molecule is COc1ccc(CNc2nc(Cl)nc3ccc(OC)cc23)cc1. The summed E-state index contributed by atoms with van der Waals surface area (Å²) < 4.78 is 10.4. The monoisotopic (exact) mass is 329 g/mol. The molecule has 0 aliphatic heterocycles. The van der Waals surface area contributed by atoms with E-state index in [-0.39, 0.29) is 5.28 Å². The number of anilines is 1. The van der Waals surface area contributed by atoms with Gasteiger partial charge in [0.25, 0.3) is 0 Å². The van der Waals surface area contributed by atoms with Crippen LogP contribution in [0.2, 0.25) is 5.28 Å². The molecule has 0 spiro atoms. The molecule has 118 valence electrons. The first kappa shape index (κ1) is 15.4. The lowest BCUT2D eigenvalue weighted by Crippen LogP contribution is -2.03. The maximum atomic E-state index is 6.01. The Morgan fingerprint density at radius 1 is 0.957 bits per heavy atom. The molecule has 0 fully saturated rings. The first-order chi connectivity index (χ1) is 11.2. The number of benzene rings is 2. The highest BCUT2D eigenvalue weighted by molar-refractivity contribution is 6.28. The maximum Gasteiger partial charge on any atom is 0.224 e. The Kier molecular flexibility index (Phi) is 4.48. The van der Waals surface area contributed by atoms with E-state index >= 15 is 0 Å². The molecule has 23 heavy (non-hydrogen) atoms. The predicted molar refractivity (Wildman–Crippen MR) is 91.4 cm³/mol. The van der Waals surface area contributed by atoms with Crippen LogP contribution < -0.4 is 14.8 Å². The van der Waals surface area contributed by atoms with Crippen molar-refractivity contribution >= 4 is 28.3 Å². The second-order valence-corrected chi connectivity index (χ2v) is 5.26. The molecule has 0 amide bonds. The molecule has 5 nitrogen and oxygen atoms in total. The second-order valence-electron chi connectivity index (χ2n) is 4.93. The van der Waals surface area contributed by atoms with Gasteiger partial charge in [0.2, 0.25) is 5.28 Å². The molecule has 3 rings (SSSR count). The Morgan fingerprint density at radius 3 is 2.35 bits per heavy atom. The van der Waals surface area contributed by atoms with Crippen LogP contribution in [0.1, 0.15) is 5.56 Å². The standard InChI is InChI=1S/C17H16ClN3O2/c1-22-12-5-3-11(4-6-12)10-19-16-14-9-13(23-2)7-8-15(14)20-17(18)21-16/h3-9H,10H2,1-2H3,(H,19,20,21). The van der Waals surface area contributed by atoms with Crippen molar-refractivity contribution in [3.8, 4) is 11.5 Å². The minimum absolute atomic E-state index is 0.208. The van der Waals surface area contributed by atoms with E-state index in [1.165, 1.54) is 0 Å². The van der Waals surface area contributed by atoms with Crippen molar-refractivity contribution in [3.63, 3.8) is 0 Å². The number of nitrogens with one attached hydrogen (secondary N) is 1. The van der Waals surface area contributed by atoms with Crippen LogP contribution in [0.3, 0.4) is 0 Å². The minimum Gasteiger partial charge on any atom is -0.497 e. The molecular weight excluding hydrogens is 314 g/mol. The number of halogens is 1. The van der Waals surface area contributed by atoms with Gasteiger partial charge in [-0.2, -0.15) is 0 Å². The average molecular weight is 330 g/mol. The molecule has 0 aliphatic carbocycles. The van der Waals surface area contributed by atoms with Crippen LogP contribution >= 0.6 is 11.6 Å². The number of ether oxygens (including phenoxy) is 2. The summed E-state index contributed by atoms with van der Waals surface area (Å²) in [5.41, 5.74) is 1.87. The molecule has 0 radical (unpaired) electrons. The fourth-order valence-corrected chi connectivity index (χ4v) is 2.45. The molecule has 0 saturated carbocycles. The van der Waals surface area contributed by atoms with Gasteiger partial charge in [-0.15, -0.1) is 0 Å². The summed E-state index contributed by atoms with van der Waals surface area (Å²) in [5, 5.41) is 4.37. The van der Waals surface area contributed by atoms with Crippen LogP contribution in [0.5, 0.6) is 11.5 Å². The molecular formula is C17H16ClN3O2. The Hall–Kier alpha value is -2.53. The highest BCUT2D eigenvalue weighted by Gasteiger charge is 2.08. The smallest absolute Gasteiger partial charge is 0.224 e. The summed E-state index contributed by atoms with van der Waals surface area (Å²) in [7, 11) is 3.28. The van der Waals surface area contributed by atoms with E-state index in [9.17, 15) is 0 Å². The molecule has 1 aromatic heterocycles. The van der Waals surface area contributed by atoms with E-state index in [1.807, 2.05) is 42.5 Å². The van der Waals surface area contributed by atoms with E-state index in [2.05, 4.69) is 15.3 Å². The van der Waals surface area contributed by atoms with Crippen LogP contribution in [-0.4, -0.2) is 24.2 Å². The number of hydrogen-bond donors (Lipinski definition) is 1. The molecule has 0 saturated heterocycles. The third-order valence-corrected chi connectivity index (χ3v) is 3.66. The molecule has 1 N–H and O–H groups in total. The minimum atomic E-state index is 0.208. The largest absolute Gasteiger partial charge is 0.497 e. The summed E-state index contributed by atoms with van der Waals surface area (Å²) in [6.07, 6.45) is 0. The third kappa shape index (κ3) is 3.46. The van der Waals surface area contributed by atoms with Gasteiger partial charge in [-0.25, -0.2) is 9.97 Å².